The predicted octanol–water partition coefficient (Wildman–Crippen LogP) is 2.72. The monoisotopic (exact) mass is 389 g/mol. The van der Waals surface area contributed by atoms with Crippen molar-refractivity contribution in [1.29, 1.82) is 0 Å². The van der Waals surface area contributed by atoms with Crippen LogP contribution in [0.5, 0.6) is 0 Å². The summed E-state index contributed by atoms with van der Waals surface area (Å²) in [5, 5.41) is 14.7. The Balaban J connectivity index is 1.38. The summed E-state index contributed by atoms with van der Waals surface area (Å²) in [4.78, 5) is 22.1. The van der Waals surface area contributed by atoms with Crippen LogP contribution in [0.15, 0.2) is 11.4 Å². The van der Waals surface area contributed by atoms with Gasteiger partial charge >= 0.3 is 0 Å². The molecule has 1 saturated heterocycles. The summed E-state index contributed by atoms with van der Waals surface area (Å²) in [5.74, 6) is 1.33. The maximum atomic E-state index is 13.2. The Labute approximate surface area is 163 Å². The third-order valence-corrected chi connectivity index (χ3v) is 7.56. The number of aromatic nitrogens is 2. The molecule has 7 heteroatoms. The van der Waals surface area contributed by atoms with Crippen molar-refractivity contribution < 1.29 is 14.6 Å². The number of hydrogen-bond donors (Lipinski definition) is 2. The zero-order valence-electron chi connectivity index (χ0n) is 15.7. The lowest BCUT2D eigenvalue weighted by Crippen LogP contribution is -2.61. The fourth-order valence-corrected chi connectivity index (χ4v) is 6.48. The second-order valence-corrected chi connectivity index (χ2v) is 9.62. The molecule has 0 aromatic carbocycles. The lowest BCUT2D eigenvalue weighted by atomic mass is 9.52. The Hall–Kier alpha value is -1.18. The second kappa shape index (κ2) is 6.71. The number of carbonyl (C=O) groups excluding carboxylic acids is 1. The number of rotatable bonds is 4. The fraction of sp³-hybridized carbons (Fsp3) is 0.750. The van der Waals surface area contributed by atoms with Crippen molar-refractivity contribution in [2.75, 3.05) is 12.9 Å². The topological polar surface area (TPSA) is 84.3 Å². The fourth-order valence-electron chi connectivity index (χ4n) is 6.14. The Bertz CT molecular complexity index is 736. The van der Waals surface area contributed by atoms with Crippen LogP contribution in [-0.4, -0.2) is 45.5 Å². The van der Waals surface area contributed by atoms with Crippen molar-refractivity contribution in [2.45, 2.75) is 67.8 Å². The summed E-state index contributed by atoms with van der Waals surface area (Å²) in [6, 6.07) is 0.159. The third kappa shape index (κ3) is 3.17. The van der Waals surface area contributed by atoms with Crippen molar-refractivity contribution >= 4 is 17.7 Å². The SMILES string of the molecule is CSc1ncc(C(=O)NC2C3CC4CC2CC(O)(C4)C3)c(C2CCCO2)n1. The van der Waals surface area contributed by atoms with E-state index in [4.69, 9.17) is 4.74 Å². The molecular weight excluding hydrogens is 362 g/mol. The van der Waals surface area contributed by atoms with E-state index in [2.05, 4.69) is 15.3 Å². The standard InChI is InChI=1S/C20H27N3O3S/c1-27-19-21-10-14(17(23-19)15-3-2-4-26-15)18(24)22-16-12-5-11-6-13(16)9-20(25,7-11)8-12/h10-13,15-16,25H,2-9H2,1H3,(H,22,24). The molecule has 27 heavy (non-hydrogen) atoms. The van der Waals surface area contributed by atoms with E-state index < -0.39 is 5.60 Å². The van der Waals surface area contributed by atoms with Gasteiger partial charge in [-0.05, 0) is 69.0 Å². The average molecular weight is 390 g/mol. The van der Waals surface area contributed by atoms with Crippen LogP contribution < -0.4 is 5.32 Å². The van der Waals surface area contributed by atoms with Crippen molar-refractivity contribution in [3.8, 4) is 0 Å². The minimum atomic E-state index is -0.482. The highest BCUT2D eigenvalue weighted by Gasteiger charge is 2.55. The first kappa shape index (κ1) is 17.9. The van der Waals surface area contributed by atoms with E-state index in [0.717, 1.165) is 57.2 Å². The van der Waals surface area contributed by atoms with Gasteiger partial charge in [-0.3, -0.25) is 4.79 Å². The molecule has 1 aliphatic heterocycles. The summed E-state index contributed by atoms with van der Waals surface area (Å²) < 4.78 is 5.81. The summed E-state index contributed by atoms with van der Waals surface area (Å²) in [6.45, 7) is 0.719. The van der Waals surface area contributed by atoms with E-state index in [1.54, 1.807) is 6.20 Å². The highest BCUT2D eigenvalue weighted by Crippen LogP contribution is 2.55. The molecule has 4 saturated carbocycles. The van der Waals surface area contributed by atoms with Gasteiger partial charge in [0.05, 0.1) is 16.9 Å². The molecule has 3 unspecified atom stereocenters. The van der Waals surface area contributed by atoms with Gasteiger partial charge in [-0.15, -0.1) is 0 Å². The number of nitrogens with one attached hydrogen (secondary N) is 1. The Morgan fingerprint density at radius 2 is 2.11 bits per heavy atom. The van der Waals surface area contributed by atoms with E-state index in [0.29, 0.717) is 28.5 Å². The van der Waals surface area contributed by atoms with Crippen LogP contribution in [0.3, 0.4) is 0 Å². The molecule has 1 amide bonds. The Morgan fingerprint density at radius 1 is 1.33 bits per heavy atom. The van der Waals surface area contributed by atoms with Crippen LogP contribution in [0.2, 0.25) is 0 Å². The molecule has 3 atom stereocenters. The lowest BCUT2D eigenvalue weighted by molar-refractivity contribution is -0.136. The van der Waals surface area contributed by atoms with Crippen LogP contribution in [0.4, 0.5) is 0 Å². The number of ether oxygens (including phenoxy) is 1. The summed E-state index contributed by atoms with van der Waals surface area (Å²) >= 11 is 1.48. The predicted molar refractivity (Wildman–Crippen MR) is 101 cm³/mol. The van der Waals surface area contributed by atoms with Crippen LogP contribution in [-0.2, 0) is 4.74 Å². The molecule has 0 spiro atoms. The van der Waals surface area contributed by atoms with Gasteiger partial charge < -0.3 is 15.2 Å². The molecule has 1 aromatic heterocycles. The zero-order chi connectivity index (χ0) is 18.6. The van der Waals surface area contributed by atoms with Crippen molar-refractivity contribution in [1.82, 2.24) is 15.3 Å². The Morgan fingerprint density at radius 3 is 2.74 bits per heavy atom. The normalized spacial score (nSPS) is 39.7. The van der Waals surface area contributed by atoms with Crippen LogP contribution in [0.25, 0.3) is 0 Å². The molecule has 0 radical (unpaired) electrons. The van der Waals surface area contributed by atoms with Gasteiger partial charge in [-0.2, -0.15) is 0 Å². The molecule has 2 N–H and O–H groups in total. The van der Waals surface area contributed by atoms with Gasteiger partial charge in [0.2, 0.25) is 0 Å². The van der Waals surface area contributed by atoms with Gasteiger partial charge in [-0.25, -0.2) is 9.97 Å². The minimum absolute atomic E-state index is 0.0855. The minimum Gasteiger partial charge on any atom is -0.390 e. The van der Waals surface area contributed by atoms with Crippen molar-refractivity contribution in [3.05, 3.63) is 17.5 Å². The highest BCUT2D eigenvalue weighted by atomic mass is 32.2. The number of nitrogens with zero attached hydrogens (tertiary/aromatic N) is 2. The third-order valence-electron chi connectivity index (χ3n) is 7.00. The van der Waals surface area contributed by atoms with Crippen molar-refractivity contribution in [3.63, 3.8) is 0 Å². The van der Waals surface area contributed by atoms with Gasteiger partial charge in [0.1, 0.15) is 6.10 Å². The molecule has 2 heterocycles. The maximum Gasteiger partial charge on any atom is 0.255 e. The first-order chi connectivity index (χ1) is 13.0. The van der Waals surface area contributed by atoms with Crippen LogP contribution in [0, 0.1) is 17.8 Å². The molecule has 146 valence electrons. The number of hydrogen-bond acceptors (Lipinski definition) is 6. The highest BCUT2D eigenvalue weighted by molar-refractivity contribution is 7.98. The van der Waals surface area contributed by atoms with E-state index in [9.17, 15) is 9.90 Å². The molecule has 5 fully saturated rings. The van der Waals surface area contributed by atoms with Crippen LogP contribution >= 0.6 is 11.8 Å². The van der Waals surface area contributed by atoms with E-state index in [1.165, 1.54) is 11.8 Å². The van der Waals surface area contributed by atoms with Gasteiger partial charge in [0.15, 0.2) is 5.16 Å². The first-order valence-corrected chi connectivity index (χ1v) is 11.3. The molecule has 4 aliphatic carbocycles. The Kier molecular flexibility index (Phi) is 4.44. The number of thioether (sulfide) groups is 1. The molecule has 5 aliphatic rings. The van der Waals surface area contributed by atoms with Crippen LogP contribution in [0.1, 0.15) is 67.1 Å². The quantitative estimate of drug-likeness (QED) is 0.608. The molecule has 6 rings (SSSR count). The number of amides is 1. The van der Waals surface area contributed by atoms with Gasteiger partial charge in [-0.1, -0.05) is 11.8 Å². The van der Waals surface area contributed by atoms with Gasteiger partial charge in [0.25, 0.3) is 5.91 Å². The number of carbonyl (C=O) groups is 1. The first-order valence-electron chi connectivity index (χ1n) is 10.1. The average Bonchev–Trinajstić information content (AvgIpc) is 3.17. The van der Waals surface area contributed by atoms with E-state index in [1.807, 2.05) is 6.26 Å². The zero-order valence-corrected chi connectivity index (χ0v) is 16.5. The maximum absolute atomic E-state index is 13.2. The second-order valence-electron chi connectivity index (χ2n) is 8.85. The molecule has 6 nitrogen and oxygen atoms in total. The summed E-state index contributed by atoms with van der Waals surface area (Å²) in [5.41, 5.74) is 0.794. The largest absolute Gasteiger partial charge is 0.390 e. The molecule has 1 aromatic rings. The van der Waals surface area contributed by atoms with Crippen molar-refractivity contribution in [2.24, 2.45) is 17.8 Å². The van der Waals surface area contributed by atoms with E-state index in [-0.39, 0.29) is 18.1 Å². The number of aliphatic hydroxyl groups is 1. The smallest absolute Gasteiger partial charge is 0.255 e. The van der Waals surface area contributed by atoms with Gasteiger partial charge in [0, 0.05) is 18.8 Å². The molecular formula is C20H27N3O3S. The summed E-state index contributed by atoms with van der Waals surface area (Å²) in [6.07, 6.45) is 10.2. The summed E-state index contributed by atoms with van der Waals surface area (Å²) in [7, 11) is 0. The molecule has 4 bridgehead atoms. The lowest BCUT2D eigenvalue weighted by Gasteiger charge is -2.58. The van der Waals surface area contributed by atoms with E-state index >= 15 is 0 Å².